The van der Waals surface area contributed by atoms with Crippen molar-refractivity contribution in [3.05, 3.63) is 23.5 Å². The van der Waals surface area contributed by atoms with E-state index in [2.05, 4.69) is 10.3 Å². The molecular weight excluding hydrogens is 351 g/mol. The number of carbonyl (C=O) groups is 1. The number of hydrogen-bond donors (Lipinski definition) is 1. The summed E-state index contributed by atoms with van der Waals surface area (Å²) in [6.07, 6.45) is -1.39. The van der Waals surface area contributed by atoms with E-state index in [1.165, 1.54) is 12.3 Å². The van der Waals surface area contributed by atoms with Gasteiger partial charge in [-0.1, -0.05) is 6.92 Å². The van der Waals surface area contributed by atoms with Gasteiger partial charge in [0, 0.05) is 23.2 Å². The topological polar surface area (TPSA) is 84.2 Å². The normalized spacial score (nSPS) is 19.8. The molecule has 1 saturated heterocycles. The molecule has 1 aromatic heterocycles. The first kappa shape index (κ1) is 18.5. The first-order valence-electron chi connectivity index (χ1n) is 8.19. The van der Waals surface area contributed by atoms with E-state index < -0.39 is 30.1 Å². The number of alkyl halides is 3. The van der Waals surface area contributed by atoms with Crippen molar-refractivity contribution in [3.8, 4) is 11.8 Å². The molecule has 0 bridgehead atoms. The van der Waals surface area contributed by atoms with Crippen LogP contribution in [0, 0.1) is 16.7 Å². The van der Waals surface area contributed by atoms with Gasteiger partial charge in [0.2, 0.25) is 0 Å². The number of nitriles is 1. The summed E-state index contributed by atoms with van der Waals surface area (Å²) in [5, 5.41) is 11.9. The minimum absolute atomic E-state index is 0.0108. The Balaban J connectivity index is 1.76. The average Bonchev–Trinajstić information content (AvgIpc) is 3.39. The number of carbonyl (C=O) groups excluding carboxylic acids is 1. The standard InChI is InChI=1S/C17H18F3N3O3/c1-16(7-25-8-16)14(5-21)23-15(24)12-4-13(26-9-17(18,19)20)11(6-22-12)10-2-3-10/h4,6,10,14H,2-3,7-9H2,1H3,(H,23,24)/t14-/m1/s1. The predicted molar refractivity (Wildman–Crippen MR) is 83.6 cm³/mol. The molecule has 2 fully saturated rings. The van der Waals surface area contributed by atoms with Crippen LogP contribution < -0.4 is 10.1 Å². The zero-order valence-corrected chi connectivity index (χ0v) is 14.1. The van der Waals surface area contributed by atoms with Gasteiger partial charge in [-0.25, -0.2) is 0 Å². The van der Waals surface area contributed by atoms with E-state index in [9.17, 15) is 23.2 Å². The third kappa shape index (κ3) is 4.07. The maximum Gasteiger partial charge on any atom is 0.422 e. The minimum atomic E-state index is -4.47. The SMILES string of the molecule is CC1([C@@H](C#N)NC(=O)c2cc(OCC(F)(F)F)c(C3CC3)cn2)COC1. The molecule has 1 aliphatic heterocycles. The fraction of sp³-hybridized carbons (Fsp3) is 0.588. The van der Waals surface area contributed by atoms with Crippen molar-refractivity contribution >= 4 is 5.91 Å². The summed E-state index contributed by atoms with van der Waals surface area (Å²) >= 11 is 0. The van der Waals surface area contributed by atoms with Crippen LogP contribution in [0.15, 0.2) is 12.3 Å². The van der Waals surface area contributed by atoms with Crippen molar-refractivity contribution in [3.63, 3.8) is 0 Å². The van der Waals surface area contributed by atoms with E-state index in [0.717, 1.165) is 12.8 Å². The number of hydrogen-bond acceptors (Lipinski definition) is 5. The van der Waals surface area contributed by atoms with Crippen LogP contribution in [0.2, 0.25) is 0 Å². The molecule has 1 amide bonds. The van der Waals surface area contributed by atoms with Crippen molar-refractivity contribution in [2.24, 2.45) is 5.41 Å². The highest BCUT2D eigenvalue weighted by Gasteiger charge is 2.43. The van der Waals surface area contributed by atoms with Crippen LogP contribution in [0.5, 0.6) is 5.75 Å². The van der Waals surface area contributed by atoms with E-state index in [-0.39, 0.29) is 17.4 Å². The summed E-state index contributed by atoms with van der Waals surface area (Å²) in [5.41, 5.74) is -0.00815. The van der Waals surface area contributed by atoms with Gasteiger partial charge in [0.05, 0.1) is 19.3 Å². The Bertz CT molecular complexity index is 737. The van der Waals surface area contributed by atoms with Crippen molar-refractivity contribution < 1.29 is 27.4 Å². The van der Waals surface area contributed by atoms with Gasteiger partial charge >= 0.3 is 6.18 Å². The number of amides is 1. The van der Waals surface area contributed by atoms with Crippen LogP contribution in [-0.4, -0.2) is 42.9 Å². The summed E-state index contributed by atoms with van der Waals surface area (Å²) in [5.74, 6) is -0.513. The minimum Gasteiger partial charge on any atom is -0.484 e. The van der Waals surface area contributed by atoms with Gasteiger partial charge < -0.3 is 14.8 Å². The second-order valence-electron chi connectivity index (χ2n) is 6.97. The average molecular weight is 369 g/mol. The van der Waals surface area contributed by atoms with Crippen molar-refractivity contribution in [2.75, 3.05) is 19.8 Å². The van der Waals surface area contributed by atoms with Crippen LogP contribution in [0.1, 0.15) is 41.7 Å². The van der Waals surface area contributed by atoms with E-state index in [1.54, 1.807) is 0 Å². The Labute approximate surface area is 148 Å². The third-order valence-electron chi connectivity index (χ3n) is 4.50. The Kier molecular flexibility index (Phi) is 4.80. The first-order chi connectivity index (χ1) is 12.2. The number of nitrogens with zero attached hydrogens (tertiary/aromatic N) is 2. The number of ether oxygens (including phenoxy) is 2. The Morgan fingerprint density at radius 2 is 2.23 bits per heavy atom. The monoisotopic (exact) mass is 369 g/mol. The quantitative estimate of drug-likeness (QED) is 0.833. The molecule has 1 atom stereocenters. The van der Waals surface area contributed by atoms with Gasteiger partial charge in [0.25, 0.3) is 5.91 Å². The van der Waals surface area contributed by atoms with E-state index in [1.807, 2.05) is 13.0 Å². The van der Waals surface area contributed by atoms with E-state index in [0.29, 0.717) is 18.8 Å². The van der Waals surface area contributed by atoms with Crippen LogP contribution >= 0.6 is 0 Å². The lowest BCUT2D eigenvalue weighted by molar-refractivity contribution is -0.153. The highest BCUT2D eigenvalue weighted by molar-refractivity contribution is 5.93. The summed E-state index contributed by atoms with van der Waals surface area (Å²) in [6.45, 7) is 1.07. The maximum absolute atomic E-state index is 12.5. The van der Waals surface area contributed by atoms with Crippen LogP contribution in [-0.2, 0) is 4.74 Å². The van der Waals surface area contributed by atoms with Crippen LogP contribution in [0.25, 0.3) is 0 Å². The van der Waals surface area contributed by atoms with Crippen molar-refractivity contribution in [2.45, 2.75) is 37.9 Å². The zero-order chi connectivity index (χ0) is 18.9. The molecule has 6 nitrogen and oxygen atoms in total. The smallest absolute Gasteiger partial charge is 0.422 e. The summed E-state index contributed by atoms with van der Waals surface area (Å²) in [6, 6.07) is 2.45. The molecular formula is C17H18F3N3O3. The zero-order valence-electron chi connectivity index (χ0n) is 14.1. The first-order valence-corrected chi connectivity index (χ1v) is 8.19. The molecule has 0 unspecified atom stereocenters. The van der Waals surface area contributed by atoms with E-state index in [4.69, 9.17) is 9.47 Å². The van der Waals surface area contributed by atoms with Crippen molar-refractivity contribution in [1.82, 2.24) is 10.3 Å². The lowest BCUT2D eigenvalue weighted by Crippen LogP contribution is -2.55. The largest absolute Gasteiger partial charge is 0.484 e. The van der Waals surface area contributed by atoms with Gasteiger partial charge in [-0.05, 0) is 18.8 Å². The number of aromatic nitrogens is 1. The molecule has 140 valence electrons. The number of nitrogens with one attached hydrogen (secondary N) is 1. The van der Waals surface area contributed by atoms with Gasteiger partial charge in [-0.15, -0.1) is 0 Å². The van der Waals surface area contributed by atoms with Gasteiger partial charge in [0.15, 0.2) is 6.61 Å². The fourth-order valence-corrected chi connectivity index (χ4v) is 2.72. The third-order valence-corrected chi connectivity index (χ3v) is 4.50. The number of rotatable bonds is 6. The van der Waals surface area contributed by atoms with E-state index >= 15 is 0 Å². The Morgan fingerprint density at radius 1 is 1.54 bits per heavy atom. The Hall–Kier alpha value is -2.34. The molecule has 3 rings (SSSR count). The lowest BCUT2D eigenvalue weighted by Gasteiger charge is -2.41. The molecule has 9 heteroatoms. The molecule has 0 radical (unpaired) electrons. The molecule has 1 N–H and O–H groups in total. The summed E-state index contributed by atoms with van der Waals surface area (Å²) in [7, 11) is 0. The van der Waals surface area contributed by atoms with Gasteiger partial charge in [-0.2, -0.15) is 18.4 Å². The molecule has 1 aliphatic carbocycles. The van der Waals surface area contributed by atoms with Crippen LogP contribution in [0.4, 0.5) is 13.2 Å². The molecule has 2 heterocycles. The highest BCUT2D eigenvalue weighted by Crippen LogP contribution is 2.44. The molecule has 1 aromatic rings. The Morgan fingerprint density at radius 3 is 2.73 bits per heavy atom. The second kappa shape index (κ2) is 6.76. The maximum atomic E-state index is 12.5. The second-order valence-corrected chi connectivity index (χ2v) is 6.97. The lowest BCUT2D eigenvalue weighted by atomic mass is 9.81. The van der Waals surface area contributed by atoms with Crippen LogP contribution in [0.3, 0.4) is 0 Å². The number of pyridine rings is 1. The molecule has 2 aliphatic rings. The highest BCUT2D eigenvalue weighted by atomic mass is 19.4. The molecule has 1 saturated carbocycles. The van der Waals surface area contributed by atoms with Crippen molar-refractivity contribution in [1.29, 1.82) is 5.26 Å². The van der Waals surface area contributed by atoms with Gasteiger partial charge in [0.1, 0.15) is 17.5 Å². The summed E-state index contributed by atoms with van der Waals surface area (Å²) in [4.78, 5) is 16.5. The molecule has 0 spiro atoms. The van der Waals surface area contributed by atoms with Gasteiger partial charge in [-0.3, -0.25) is 9.78 Å². The molecule has 0 aromatic carbocycles. The predicted octanol–water partition coefficient (Wildman–Crippen LogP) is 2.56. The summed E-state index contributed by atoms with van der Waals surface area (Å²) < 4.78 is 47.4. The number of halogens is 3. The molecule has 26 heavy (non-hydrogen) atoms. The fourth-order valence-electron chi connectivity index (χ4n) is 2.72.